The Morgan fingerprint density at radius 1 is 0.806 bits per heavy atom. The zero-order valence-electron chi connectivity index (χ0n) is 19.3. The smallest absolute Gasteiger partial charge is 0.255 e. The maximum Gasteiger partial charge on any atom is 0.255 e. The summed E-state index contributed by atoms with van der Waals surface area (Å²) in [6, 6.07) is 25.0. The zero-order chi connectivity index (χ0) is 24.9. The molecule has 0 aliphatic heterocycles. The van der Waals surface area contributed by atoms with Gasteiger partial charge in [0.1, 0.15) is 34.7 Å². The van der Waals surface area contributed by atoms with E-state index in [4.69, 9.17) is 9.47 Å². The van der Waals surface area contributed by atoms with Gasteiger partial charge in [0.2, 0.25) is 5.88 Å². The standard InChI is InChI=1S/C28H21FN4O3/c1-19-30-26(33-15-2-3-16-33)18-27(31-19)36-24-13-9-22(10-14-24)32-28(34)20-5-4-6-25(17-20)35-23-11-7-21(29)8-12-23/h2-18H,1H3,(H,32,34). The number of halogens is 1. The fraction of sp³-hybridized carbons (Fsp3) is 0.0357. The number of aromatic nitrogens is 3. The van der Waals surface area contributed by atoms with E-state index in [0.717, 1.165) is 0 Å². The van der Waals surface area contributed by atoms with Gasteiger partial charge in [0, 0.05) is 29.7 Å². The first-order valence-corrected chi connectivity index (χ1v) is 11.1. The van der Waals surface area contributed by atoms with Crippen LogP contribution in [0.1, 0.15) is 16.2 Å². The maximum absolute atomic E-state index is 13.1. The number of carbonyl (C=O) groups is 1. The van der Waals surface area contributed by atoms with E-state index >= 15 is 0 Å². The second kappa shape index (κ2) is 10.1. The van der Waals surface area contributed by atoms with Gasteiger partial charge in [0.15, 0.2) is 0 Å². The van der Waals surface area contributed by atoms with Gasteiger partial charge in [-0.25, -0.2) is 9.37 Å². The molecule has 1 N–H and O–H groups in total. The minimum absolute atomic E-state index is 0.295. The third-order valence-electron chi connectivity index (χ3n) is 5.15. The van der Waals surface area contributed by atoms with Gasteiger partial charge in [0.25, 0.3) is 5.91 Å². The highest BCUT2D eigenvalue weighted by molar-refractivity contribution is 6.04. The molecule has 5 rings (SSSR count). The fourth-order valence-corrected chi connectivity index (χ4v) is 3.47. The topological polar surface area (TPSA) is 78.3 Å². The molecule has 0 fully saturated rings. The van der Waals surface area contributed by atoms with Crippen molar-refractivity contribution in [2.75, 3.05) is 5.32 Å². The Balaban J connectivity index is 1.24. The van der Waals surface area contributed by atoms with E-state index in [9.17, 15) is 9.18 Å². The molecule has 0 aliphatic carbocycles. The van der Waals surface area contributed by atoms with Gasteiger partial charge < -0.3 is 19.4 Å². The molecule has 0 unspecified atom stereocenters. The summed E-state index contributed by atoms with van der Waals surface area (Å²) in [6.07, 6.45) is 3.79. The van der Waals surface area contributed by atoms with E-state index in [1.165, 1.54) is 24.3 Å². The van der Waals surface area contributed by atoms with E-state index in [-0.39, 0.29) is 11.7 Å². The predicted molar refractivity (Wildman–Crippen MR) is 133 cm³/mol. The molecule has 2 heterocycles. The number of aryl methyl sites for hydroxylation is 1. The molecule has 5 aromatic rings. The molecule has 0 atom stereocenters. The lowest BCUT2D eigenvalue weighted by molar-refractivity contribution is 0.102. The second-order valence-corrected chi connectivity index (χ2v) is 7.87. The van der Waals surface area contributed by atoms with Crippen molar-refractivity contribution in [1.82, 2.24) is 14.5 Å². The molecule has 2 aromatic heterocycles. The van der Waals surface area contributed by atoms with Gasteiger partial charge in [-0.05, 0) is 85.8 Å². The van der Waals surface area contributed by atoms with Crippen molar-refractivity contribution in [2.24, 2.45) is 0 Å². The number of nitrogens with one attached hydrogen (secondary N) is 1. The van der Waals surface area contributed by atoms with Crippen LogP contribution in [0.15, 0.2) is 103 Å². The van der Waals surface area contributed by atoms with E-state index in [2.05, 4.69) is 15.3 Å². The van der Waals surface area contributed by atoms with E-state index in [0.29, 0.717) is 46.0 Å². The largest absolute Gasteiger partial charge is 0.457 e. The first-order chi connectivity index (χ1) is 17.5. The van der Waals surface area contributed by atoms with Crippen molar-refractivity contribution in [2.45, 2.75) is 6.92 Å². The van der Waals surface area contributed by atoms with Crippen molar-refractivity contribution >= 4 is 11.6 Å². The molecule has 178 valence electrons. The molecule has 3 aromatic carbocycles. The molecule has 0 aliphatic rings. The summed E-state index contributed by atoms with van der Waals surface area (Å²) >= 11 is 0. The summed E-state index contributed by atoms with van der Waals surface area (Å²) in [5, 5.41) is 2.86. The molecule has 0 saturated heterocycles. The lowest BCUT2D eigenvalue weighted by Gasteiger charge is -2.10. The average Bonchev–Trinajstić information content (AvgIpc) is 3.42. The quantitative estimate of drug-likeness (QED) is 0.286. The van der Waals surface area contributed by atoms with Gasteiger partial charge in [0.05, 0.1) is 0 Å². The highest BCUT2D eigenvalue weighted by Gasteiger charge is 2.10. The molecule has 7 nitrogen and oxygen atoms in total. The number of anilines is 1. The number of benzene rings is 3. The molecule has 0 spiro atoms. The van der Waals surface area contributed by atoms with E-state index < -0.39 is 0 Å². The SMILES string of the molecule is Cc1nc(Oc2ccc(NC(=O)c3cccc(Oc4ccc(F)cc4)c3)cc2)cc(-n2cccc2)n1. The van der Waals surface area contributed by atoms with Crippen molar-refractivity contribution < 1.29 is 18.7 Å². The van der Waals surface area contributed by atoms with Crippen LogP contribution in [-0.2, 0) is 0 Å². The van der Waals surface area contributed by atoms with Crippen LogP contribution in [0.4, 0.5) is 10.1 Å². The third kappa shape index (κ3) is 5.56. The van der Waals surface area contributed by atoms with Crippen molar-refractivity contribution in [1.29, 1.82) is 0 Å². The van der Waals surface area contributed by atoms with Gasteiger partial charge in [-0.15, -0.1) is 0 Å². The predicted octanol–water partition coefficient (Wildman–Crippen LogP) is 6.55. The molecule has 36 heavy (non-hydrogen) atoms. The highest BCUT2D eigenvalue weighted by atomic mass is 19.1. The second-order valence-electron chi connectivity index (χ2n) is 7.87. The number of ether oxygens (including phenoxy) is 2. The molecule has 1 amide bonds. The Bertz CT molecular complexity index is 1480. The van der Waals surface area contributed by atoms with Crippen molar-refractivity contribution in [3.05, 3.63) is 121 Å². The summed E-state index contributed by atoms with van der Waals surface area (Å²) < 4.78 is 26.6. The zero-order valence-corrected chi connectivity index (χ0v) is 19.3. The molecular formula is C28H21FN4O3. The monoisotopic (exact) mass is 480 g/mol. The summed E-state index contributed by atoms with van der Waals surface area (Å²) in [6.45, 7) is 1.80. The van der Waals surface area contributed by atoms with Crippen molar-refractivity contribution in [3.8, 4) is 28.9 Å². The summed E-state index contributed by atoms with van der Waals surface area (Å²) in [5.41, 5.74) is 1.02. The average molecular weight is 480 g/mol. The number of amides is 1. The maximum atomic E-state index is 13.1. The van der Waals surface area contributed by atoms with Gasteiger partial charge in [-0.3, -0.25) is 4.79 Å². The number of carbonyl (C=O) groups excluding carboxylic acids is 1. The Labute approximate surface area is 206 Å². The van der Waals surface area contributed by atoms with Crippen LogP contribution in [0.2, 0.25) is 0 Å². The minimum Gasteiger partial charge on any atom is -0.457 e. The molecule has 0 saturated carbocycles. The van der Waals surface area contributed by atoms with E-state index in [1.54, 1.807) is 61.5 Å². The van der Waals surface area contributed by atoms with Crippen LogP contribution >= 0.6 is 0 Å². The van der Waals surface area contributed by atoms with Crippen LogP contribution in [-0.4, -0.2) is 20.4 Å². The van der Waals surface area contributed by atoms with Crippen LogP contribution < -0.4 is 14.8 Å². The summed E-state index contributed by atoms with van der Waals surface area (Å²) in [5.74, 6) is 2.58. The Morgan fingerprint density at radius 3 is 2.25 bits per heavy atom. The Kier molecular flexibility index (Phi) is 6.40. The van der Waals surface area contributed by atoms with Crippen LogP contribution in [0.25, 0.3) is 5.82 Å². The minimum atomic E-state index is -0.347. The van der Waals surface area contributed by atoms with Crippen LogP contribution in [0, 0.1) is 12.7 Å². The Morgan fingerprint density at radius 2 is 1.50 bits per heavy atom. The first kappa shape index (κ1) is 22.8. The van der Waals surface area contributed by atoms with Crippen molar-refractivity contribution in [3.63, 3.8) is 0 Å². The lowest BCUT2D eigenvalue weighted by Crippen LogP contribution is -2.11. The van der Waals surface area contributed by atoms with E-state index in [1.807, 2.05) is 29.1 Å². The van der Waals surface area contributed by atoms with Crippen LogP contribution in [0.5, 0.6) is 23.1 Å². The summed E-state index contributed by atoms with van der Waals surface area (Å²) in [4.78, 5) is 21.5. The fourth-order valence-electron chi connectivity index (χ4n) is 3.47. The molecule has 0 radical (unpaired) electrons. The van der Waals surface area contributed by atoms with Gasteiger partial charge in [-0.2, -0.15) is 4.98 Å². The highest BCUT2D eigenvalue weighted by Crippen LogP contribution is 2.25. The lowest BCUT2D eigenvalue weighted by atomic mass is 10.2. The third-order valence-corrected chi connectivity index (χ3v) is 5.15. The Hall–Kier alpha value is -4.98. The number of hydrogen-bond acceptors (Lipinski definition) is 5. The number of rotatable bonds is 7. The van der Waals surface area contributed by atoms with Crippen LogP contribution in [0.3, 0.4) is 0 Å². The first-order valence-electron chi connectivity index (χ1n) is 11.1. The summed E-state index contributed by atoms with van der Waals surface area (Å²) in [7, 11) is 0. The molecular weight excluding hydrogens is 459 g/mol. The number of hydrogen-bond donors (Lipinski definition) is 1. The van der Waals surface area contributed by atoms with Gasteiger partial charge >= 0.3 is 0 Å². The molecule has 0 bridgehead atoms. The van der Waals surface area contributed by atoms with Gasteiger partial charge in [-0.1, -0.05) is 6.07 Å². The number of nitrogens with zero attached hydrogens (tertiary/aromatic N) is 3. The molecule has 8 heteroatoms. The normalized spacial score (nSPS) is 10.6.